The zero-order valence-corrected chi connectivity index (χ0v) is 11.0. The number of amides is 1. The third-order valence-corrected chi connectivity index (χ3v) is 5.26. The first-order valence-corrected chi connectivity index (χ1v) is 7.51. The molecule has 92 valence electrons. The summed E-state index contributed by atoms with van der Waals surface area (Å²) in [6.45, 7) is 2.18. The minimum Gasteiger partial charge on any atom is -0.349 e. The fourth-order valence-electron chi connectivity index (χ4n) is 3.70. The summed E-state index contributed by atoms with van der Waals surface area (Å²) in [4.78, 5) is 12.0. The van der Waals surface area contributed by atoms with E-state index < -0.39 is 0 Å². The summed E-state index contributed by atoms with van der Waals surface area (Å²) in [6, 6.07) is 2.23. The number of hydrogen-bond acceptors (Lipinski definition) is 2. The molecule has 2 saturated carbocycles. The molecule has 3 heteroatoms. The van der Waals surface area contributed by atoms with Crippen molar-refractivity contribution in [3.8, 4) is 0 Å². The van der Waals surface area contributed by atoms with Crippen molar-refractivity contribution in [1.82, 2.24) is 5.32 Å². The van der Waals surface area contributed by atoms with Gasteiger partial charge < -0.3 is 5.32 Å². The first-order valence-electron chi connectivity index (χ1n) is 6.57. The third-order valence-electron chi connectivity index (χ3n) is 4.58. The predicted octanol–water partition coefficient (Wildman–Crippen LogP) is 3.30. The SMILES string of the molecule is CC(NC(=O)c1ccsc1)C1CC2CCC1C2. The monoisotopic (exact) mass is 249 g/mol. The average molecular weight is 249 g/mol. The Bertz CT molecular complexity index is 400. The molecule has 0 radical (unpaired) electrons. The Kier molecular flexibility index (Phi) is 2.95. The Morgan fingerprint density at radius 2 is 2.35 bits per heavy atom. The molecule has 2 nitrogen and oxygen atoms in total. The van der Waals surface area contributed by atoms with Gasteiger partial charge in [-0.15, -0.1) is 0 Å². The maximum Gasteiger partial charge on any atom is 0.252 e. The standard InChI is InChI=1S/C14H19NOS/c1-9(13-7-10-2-3-11(13)6-10)15-14(16)12-4-5-17-8-12/h4-5,8-11,13H,2-3,6-7H2,1H3,(H,15,16). The Hall–Kier alpha value is -0.830. The van der Waals surface area contributed by atoms with Crippen LogP contribution in [0.2, 0.25) is 0 Å². The molecular formula is C14H19NOS. The zero-order valence-electron chi connectivity index (χ0n) is 10.2. The van der Waals surface area contributed by atoms with Crippen LogP contribution in [0.4, 0.5) is 0 Å². The molecule has 2 aliphatic rings. The van der Waals surface area contributed by atoms with Gasteiger partial charge in [-0.2, -0.15) is 11.3 Å². The van der Waals surface area contributed by atoms with Crippen LogP contribution in [0, 0.1) is 17.8 Å². The van der Waals surface area contributed by atoms with Crippen LogP contribution in [0.3, 0.4) is 0 Å². The van der Waals surface area contributed by atoms with Crippen LogP contribution >= 0.6 is 11.3 Å². The number of hydrogen-bond donors (Lipinski definition) is 1. The Balaban J connectivity index is 1.60. The predicted molar refractivity (Wildman–Crippen MR) is 70.2 cm³/mol. The lowest BCUT2D eigenvalue weighted by atomic mass is 9.84. The van der Waals surface area contributed by atoms with Crippen LogP contribution in [0.5, 0.6) is 0 Å². The molecule has 0 spiro atoms. The highest BCUT2D eigenvalue weighted by Gasteiger charge is 2.42. The highest BCUT2D eigenvalue weighted by Crippen LogP contribution is 2.49. The van der Waals surface area contributed by atoms with E-state index >= 15 is 0 Å². The molecule has 1 aromatic rings. The van der Waals surface area contributed by atoms with Crippen molar-refractivity contribution in [1.29, 1.82) is 0 Å². The normalized spacial score (nSPS) is 32.6. The van der Waals surface area contributed by atoms with Gasteiger partial charge in [-0.3, -0.25) is 4.79 Å². The minimum atomic E-state index is 0.0986. The average Bonchev–Trinajstić information content (AvgIpc) is 3.05. The maximum atomic E-state index is 12.0. The summed E-state index contributed by atoms with van der Waals surface area (Å²) in [5.41, 5.74) is 0.810. The molecule has 2 aliphatic carbocycles. The number of rotatable bonds is 3. The van der Waals surface area contributed by atoms with Gasteiger partial charge in [0.25, 0.3) is 5.91 Å². The van der Waals surface area contributed by atoms with E-state index in [4.69, 9.17) is 0 Å². The van der Waals surface area contributed by atoms with E-state index in [1.807, 2.05) is 16.8 Å². The summed E-state index contributed by atoms with van der Waals surface area (Å²) >= 11 is 1.58. The largest absolute Gasteiger partial charge is 0.349 e. The lowest BCUT2D eigenvalue weighted by Gasteiger charge is -2.28. The summed E-state index contributed by atoms with van der Waals surface area (Å²) in [5, 5.41) is 7.05. The lowest BCUT2D eigenvalue weighted by Crippen LogP contribution is -2.39. The molecule has 2 bridgehead atoms. The Labute approximate surface area is 106 Å². The number of carbonyl (C=O) groups is 1. The molecule has 0 aromatic carbocycles. The van der Waals surface area contributed by atoms with E-state index in [2.05, 4.69) is 12.2 Å². The van der Waals surface area contributed by atoms with Crippen molar-refractivity contribution in [2.75, 3.05) is 0 Å². The van der Waals surface area contributed by atoms with Gasteiger partial charge in [-0.05, 0) is 55.4 Å². The number of thiophene rings is 1. The topological polar surface area (TPSA) is 29.1 Å². The maximum absolute atomic E-state index is 12.0. The number of carbonyl (C=O) groups excluding carboxylic acids is 1. The molecule has 1 amide bonds. The van der Waals surface area contributed by atoms with Crippen molar-refractivity contribution in [3.05, 3.63) is 22.4 Å². The smallest absolute Gasteiger partial charge is 0.252 e. The molecule has 4 unspecified atom stereocenters. The second-order valence-corrected chi connectivity index (χ2v) is 6.39. The quantitative estimate of drug-likeness (QED) is 0.875. The van der Waals surface area contributed by atoms with Gasteiger partial charge in [0.05, 0.1) is 0 Å². The fraction of sp³-hybridized carbons (Fsp3) is 0.643. The summed E-state index contributed by atoms with van der Waals surface area (Å²) in [7, 11) is 0. The van der Waals surface area contributed by atoms with Gasteiger partial charge >= 0.3 is 0 Å². The third kappa shape index (κ3) is 2.13. The first kappa shape index (κ1) is 11.3. The van der Waals surface area contributed by atoms with Gasteiger partial charge in [0.2, 0.25) is 0 Å². The fourth-order valence-corrected chi connectivity index (χ4v) is 4.33. The number of nitrogens with one attached hydrogen (secondary N) is 1. The first-order chi connectivity index (χ1) is 8.24. The van der Waals surface area contributed by atoms with E-state index in [1.165, 1.54) is 25.7 Å². The van der Waals surface area contributed by atoms with Gasteiger partial charge in [-0.25, -0.2) is 0 Å². The Morgan fingerprint density at radius 1 is 1.47 bits per heavy atom. The Morgan fingerprint density at radius 3 is 2.94 bits per heavy atom. The van der Waals surface area contributed by atoms with Crippen molar-refractivity contribution in [2.24, 2.45) is 17.8 Å². The van der Waals surface area contributed by atoms with E-state index in [9.17, 15) is 4.79 Å². The lowest BCUT2D eigenvalue weighted by molar-refractivity contribution is 0.0916. The summed E-state index contributed by atoms with van der Waals surface area (Å²) in [5.74, 6) is 2.64. The molecule has 1 N–H and O–H groups in total. The highest BCUT2D eigenvalue weighted by atomic mass is 32.1. The second-order valence-electron chi connectivity index (χ2n) is 5.61. The number of fused-ring (bicyclic) bond motifs is 2. The van der Waals surface area contributed by atoms with E-state index in [0.717, 1.165) is 23.3 Å². The molecule has 0 saturated heterocycles. The van der Waals surface area contributed by atoms with Crippen molar-refractivity contribution in [2.45, 2.75) is 38.6 Å². The van der Waals surface area contributed by atoms with Crippen LogP contribution in [0.15, 0.2) is 16.8 Å². The highest BCUT2D eigenvalue weighted by molar-refractivity contribution is 7.08. The molecule has 17 heavy (non-hydrogen) atoms. The van der Waals surface area contributed by atoms with Crippen molar-refractivity contribution < 1.29 is 4.79 Å². The van der Waals surface area contributed by atoms with E-state index in [0.29, 0.717) is 6.04 Å². The van der Waals surface area contributed by atoms with Crippen LogP contribution in [-0.4, -0.2) is 11.9 Å². The van der Waals surface area contributed by atoms with Crippen LogP contribution in [0.1, 0.15) is 43.0 Å². The summed E-state index contributed by atoms with van der Waals surface area (Å²) < 4.78 is 0. The molecule has 2 fully saturated rings. The van der Waals surface area contributed by atoms with Crippen LogP contribution in [0.25, 0.3) is 0 Å². The molecule has 3 rings (SSSR count). The van der Waals surface area contributed by atoms with Crippen LogP contribution < -0.4 is 5.32 Å². The van der Waals surface area contributed by atoms with Gasteiger partial charge in [0.1, 0.15) is 0 Å². The van der Waals surface area contributed by atoms with Crippen molar-refractivity contribution in [3.63, 3.8) is 0 Å². The van der Waals surface area contributed by atoms with Crippen molar-refractivity contribution >= 4 is 17.2 Å². The zero-order chi connectivity index (χ0) is 11.8. The van der Waals surface area contributed by atoms with E-state index in [1.54, 1.807) is 11.3 Å². The van der Waals surface area contributed by atoms with Gasteiger partial charge in [0.15, 0.2) is 0 Å². The molecule has 1 heterocycles. The second kappa shape index (κ2) is 4.45. The minimum absolute atomic E-state index is 0.0986. The van der Waals surface area contributed by atoms with E-state index in [-0.39, 0.29) is 5.91 Å². The molecular weight excluding hydrogens is 230 g/mol. The molecule has 4 atom stereocenters. The van der Waals surface area contributed by atoms with Gasteiger partial charge in [-0.1, -0.05) is 6.42 Å². The summed E-state index contributed by atoms with van der Waals surface area (Å²) in [6.07, 6.45) is 5.54. The molecule has 0 aliphatic heterocycles. The van der Waals surface area contributed by atoms with Crippen LogP contribution in [-0.2, 0) is 0 Å². The van der Waals surface area contributed by atoms with Gasteiger partial charge in [0, 0.05) is 17.0 Å². The molecule has 1 aromatic heterocycles.